The minimum Gasteiger partial charge on any atom is -0.393 e. The quantitative estimate of drug-likeness (QED) is 0.764. The fourth-order valence-electron chi connectivity index (χ4n) is 3.27. The van der Waals surface area contributed by atoms with Crippen LogP contribution in [0.15, 0.2) is 55.1 Å². The molecule has 1 amide bonds. The van der Waals surface area contributed by atoms with Crippen molar-refractivity contribution in [1.82, 2.24) is 20.3 Å². The molecular weight excluding hydrogens is 316 g/mol. The molecule has 1 aliphatic rings. The summed E-state index contributed by atoms with van der Waals surface area (Å²) in [6.07, 6.45) is 7.30. The van der Waals surface area contributed by atoms with E-state index in [9.17, 15) is 9.90 Å². The lowest BCUT2D eigenvalue weighted by atomic mass is 9.75. The molecule has 3 aromatic rings. The Kier molecular flexibility index (Phi) is 4.11. The molecule has 0 saturated heterocycles. The number of nitrogens with zero attached hydrogens (tertiary/aromatic N) is 3. The van der Waals surface area contributed by atoms with Gasteiger partial charge >= 0.3 is 0 Å². The Bertz CT molecular complexity index is 894. The van der Waals surface area contributed by atoms with Crippen molar-refractivity contribution in [2.75, 3.05) is 0 Å². The zero-order chi connectivity index (χ0) is 17.2. The third-order valence-electron chi connectivity index (χ3n) is 4.67. The second kappa shape index (κ2) is 6.57. The highest BCUT2D eigenvalue weighted by Gasteiger charge is 2.36. The molecule has 25 heavy (non-hydrogen) atoms. The second-order valence-corrected chi connectivity index (χ2v) is 6.39. The number of aliphatic hydroxyl groups excluding tert-OH is 1. The topological polar surface area (TPSA) is 88.0 Å². The van der Waals surface area contributed by atoms with Gasteiger partial charge in [0.15, 0.2) is 0 Å². The number of benzene rings is 1. The van der Waals surface area contributed by atoms with Crippen LogP contribution in [0.25, 0.3) is 10.9 Å². The molecular formula is C19H18N4O2. The molecule has 126 valence electrons. The number of carbonyl (C=O) groups excluding carboxylic acids is 1. The van der Waals surface area contributed by atoms with Crippen LogP contribution in [0, 0.1) is 5.92 Å². The van der Waals surface area contributed by atoms with E-state index in [1.165, 1.54) is 18.6 Å². The predicted octanol–water partition coefficient (Wildman–Crippen LogP) is 2.27. The summed E-state index contributed by atoms with van der Waals surface area (Å²) in [5.41, 5.74) is 2.13. The molecule has 2 N–H and O–H groups in total. The monoisotopic (exact) mass is 334 g/mol. The van der Waals surface area contributed by atoms with Crippen molar-refractivity contribution < 1.29 is 9.90 Å². The molecule has 6 heteroatoms. The number of para-hydroxylation sites is 1. The Balaban J connectivity index is 1.64. The van der Waals surface area contributed by atoms with Crippen LogP contribution >= 0.6 is 0 Å². The van der Waals surface area contributed by atoms with E-state index >= 15 is 0 Å². The third kappa shape index (κ3) is 3.21. The largest absolute Gasteiger partial charge is 0.393 e. The lowest BCUT2D eigenvalue weighted by molar-refractivity contribution is 0.0234. The van der Waals surface area contributed by atoms with E-state index in [4.69, 9.17) is 0 Å². The smallest absolute Gasteiger partial charge is 0.271 e. The predicted molar refractivity (Wildman–Crippen MR) is 92.7 cm³/mol. The van der Waals surface area contributed by atoms with Gasteiger partial charge in [-0.15, -0.1) is 0 Å². The fraction of sp³-hybridized carbons (Fsp3) is 0.263. The van der Waals surface area contributed by atoms with Gasteiger partial charge in [-0.25, -0.2) is 4.98 Å². The van der Waals surface area contributed by atoms with Gasteiger partial charge < -0.3 is 10.4 Å². The van der Waals surface area contributed by atoms with Crippen LogP contribution in [0.2, 0.25) is 0 Å². The van der Waals surface area contributed by atoms with Gasteiger partial charge in [0.1, 0.15) is 5.69 Å². The van der Waals surface area contributed by atoms with E-state index in [-0.39, 0.29) is 29.7 Å². The van der Waals surface area contributed by atoms with Crippen LogP contribution in [0.4, 0.5) is 0 Å². The van der Waals surface area contributed by atoms with E-state index in [2.05, 4.69) is 26.3 Å². The highest BCUT2D eigenvalue weighted by molar-refractivity contribution is 5.92. The van der Waals surface area contributed by atoms with Crippen LogP contribution in [-0.4, -0.2) is 32.1 Å². The summed E-state index contributed by atoms with van der Waals surface area (Å²) < 4.78 is 0. The Hall–Kier alpha value is -2.86. The summed E-state index contributed by atoms with van der Waals surface area (Å²) in [4.78, 5) is 25.0. The standard InChI is InChI=1S/C19H18N4O2/c24-15-8-13(9-15)18(23-19(25)17-11-20-5-6-21-17)14-7-12-3-1-2-4-16(12)22-10-14/h1-7,10-11,13,15,18,24H,8-9H2,(H,23,25)/t13?,15?,18-/m0/s1. The average Bonchev–Trinajstić information content (AvgIpc) is 2.64. The van der Waals surface area contributed by atoms with Gasteiger partial charge in [0.25, 0.3) is 5.91 Å². The Morgan fingerprint density at radius 2 is 2.00 bits per heavy atom. The average molecular weight is 334 g/mol. The first-order valence-corrected chi connectivity index (χ1v) is 8.30. The van der Waals surface area contributed by atoms with Gasteiger partial charge in [-0.1, -0.05) is 18.2 Å². The number of hydrogen-bond donors (Lipinski definition) is 2. The highest BCUT2D eigenvalue weighted by atomic mass is 16.3. The number of carbonyl (C=O) groups is 1. The van der Waals surface area contributed by atoms with E-state index < -0.39 is 0 Å². The molecule has 1 aliphatic carbocycles. The Labute approximate surface area is 145 Å². The summed E-state index contributed by atoms with van der Waals surface area (Å²) in [5.74, 6) is -0.0915. The van der Waals surface area contributed by atoms with Crippen molar-refractivity contribution in [3.05, 3.63) is 66.4 Å². The zero-order valence-corrected chi connectivity index (χ0v) is 13.5. The molecule has 4 rings (SSSR count). The maximum Gasteiger partial charge on any atom is 0.271 e. The molecule has 1 fully saturated rings. The lowest BCUT2D eigenvalue weighted by Gasteiger charge is -2.38. The van der Waals surface area contributed by atoms with Crippen molar-refractivity contribution in [3.63, 3.8) is 0 Å². The Morgan fingerprint density at radius 1 is 1.16 bits per heavy atom. The number of nitrogens with one attached hydrogen (secondary N) is 1. The summed E-state index contributed by atoms with van der Waals surface area (Å²) in [6, 6.07) is 9.71. The zero-order valence-electron chi connectivity index (χ0n) is 13.5. The molecule has 0 spiro atoms. The molecule has 1 aromatic carbocycles. The minimum atomic E-state index is -0.297. The van der Waals surface area contributed by atoms with Crippen LogP contribution in [-0.2, 0) is 0 Å². The second-order valence-electron chi connectivity index (χ2n) is 6.39. The fourth-order valence-corrected chi connectivity index (χ4v) is 3.27. The highest BCUT2D eigenvalue weighted by Crippen LogP contribution is 2.38. The first-order chi connectivity index (χ1) is 12.2. The molecule has 1 saturated carbocycles. The molecule has 0 bridgehead atoms. The molecule has 2 aromatic heterocycles. The van der Waals surface area contributed by atoms with Crippen LogP contribution in [0.5, 0.6) is 0 Å². The maximum atomic E-state index is 12.5. The van der Waals surface area contributed by atoms with Crippen molar-refractivity contribution in [2.45, 2.75) is 25.0 Å². The Morgan fingerprint density at radius 3 is 2.76 bits per heavy atom. The molecule has 2 heterocycles. The number of hydrogen-bond acceptors (Lipinski definition) is 5. The van der Waals surface area contributed by atoms with E-state index in [1.807, 2.05) is 24.3 Å². The van der Waals surface area contributed by atoms with E-state index in [0.29, 0.717) is 12.8 Å². The summed E-state index contributed by atoms with van der Waals surface area (Å²) in [5, 5.41) is 13.8. The van der Waals surface area contributed by atoms with Gasteiger partial charge in [0.2, 0.25) is 0 Å². The van der Waals surface area contributed by atoms with Crippen molar-refractivity contribution in [1.29, 1.82) is 0 Å². The normalized spacial score (nSPS) is 20.7. The van der Waals surface area contributed by atoms with Gasteiger partial charge in [0, 0.05) is 24.0 Å². The van der Waals surface area contributed by atoms with Crippen molar-refractivity contribution >= 4 is 16.8 Å². The minimum absolute atomic E-state index is 0.179. The molecule has 0 unspecified atom stereocenters. The van der Waals surface area contributed by atoms with Crippen LogP contribution in [0.1, 0.15) is 34.9 Å². The van der Waals surface area contributed by atoms with Crippen molar-refractivity contribution in [2.24, 2.45) is 5.92 Å². The number of aromatic nitrogens is 3. The first-order valence-electron chi connectivity index (χ1n) is 8.30. The third-order valence-corrected chi connectivity index (χ3v) is 4.67. The maximum absolute atomic E-state index is 12.5. The van der Waals surface area contributed by atoms with Crippen LogP contribution in [0.3, 0.4) is 0 Å². The first kappa shape index (κ1) is 15.7. The lowest BCUT2D eigenvalue weighted by Crippen LogP contribution is -2.41. The molecule has 0 aliphatic heterocycles. The SMILES string of the molecule is O=C(N[C@H](c1cnc2ccccc2c1)C1CC(O)C1)c1cnccn1. The van der Waals surface area contributed by atoms with Crippen LogP contribution < -0.4 is 5.32 Å². The summed E-state index contributed by atoms with van der Waals surface area (Å²) in [6.45, 7) is 0. The van der Waals surface area contributed by atoms with Gasteiger partial charge in [0.05, 0.1) is 23.9 Å². The van der Waals surface area contributed by atoms with Gasteiger partial charge in [-0.2, -0.15) is 0 Å². The summed E-state index contributed by atoms with van der Waals surface area (Å²) in [7, 11) is 0. The number of fused-ring (bicyclic) bond motifs is 1. The van der Waals surface area contributed by atoms with E-state index in [1.54, 1.807) is 6.20 Å². The molecule has 0 radical (unpaired) electrons. The van der Waals surface area contributed by atoms with Crippen molar-refractivity contribution in [3.8, 4) is 0 Å². The molecule has 1 atom stereocenters. The van der Waals surface area contributed by atoms with E-state index in [0.717, 1.165) is 16.5 Å². The van der Waals surface area contributed by atoms with Gasteiger partial charge in [-0.3, -0.25) is 14.8 Å². The summed E-state index contributed by atoms with van der Waals surface area (Å²) >= 11 is 0. The van der Waals surface area contributed by atoms with Gasteiger partial charge in [-0.05, 0) is 36.5 Å². The number of amides is 1. The number of rotatable bonds is 4. The number of aliphatic hydroxyl groups is 1. The molecule has 6 nitrogen and oxygen atoms in total. The number of pyridine rings is 1.